The first-order valence-electron chi connectivity index (χ1n) is 9.68. The summed E-state index contributed by atoms with van der Waals surface area (Å²) in [5.41, 5.74) is 4.94. The summed E-state index contributed by atoms with van der Waals surface area (Å²) in [5, 5.41) is 3.23. The van der Waals surface area contributed by atoms with Crippen LogP contribution < -0.4 is 10.3 Å². The number of fused-ring (bicyclic) bond motifs is 4. The first-order chi connectivity index (χ1) is 13.1. The predicted octanol–water partition coefficient (Wildman–Crippen LogP) is 5.16. The van der Waals surface area contributed by atoms with E-state index in [9.17, 15) is 0 Å². The maximum atomic E-state index is 6.32. The van der Waals surface area contributed by atoms with Gasteiger partial charge in [-0.25, -0.2) is 4.98 Å². The summed E-state index contributed by atoms with van der Waals surface area (Å²) < 4.78 is 6.32. The van der Waals surface area contributed by atoms with Gasteiger partial charge in [0, 0.05) is 36.8 Å². The molecule has 0 unspecified atom stereocenters. The lowest BCUT2D eigenvalue weighted by atomic mass is 10.1. The van der Waals surface area contributed by atoms with Crippen molar-refractivity contribution in [3.63, 3.8) is 0 Å². The summed E-state index contributed by atoms with van der Waals surface area (Å²) >= 11 is 0. The number of aromatic nitrogens is 1. The Morgan fingerprint density at radius 1 is 1.00 bits per heavy atom. The molecular formula is C23H25N3O. The van der Waals surface area contributed by atoms with Gasteiger partial charge in [-0.1, -0.05) is 6.07 Å². The zero-order chi connectivity index (χ0) is 19.0. The molecule has 0 saturated carbocycles. The lowest BCUT2D eigenvalue weighted by Gasteiger charge is -2.21. The number of rotatable bonds is 4. The van der Waals surface area contributed by atoms with Gasteiger partial charge in [-0.05, 0) is 69.0 Å². The van der Waals surface area contributed by atoms with Crippen molar-refractivity contribution in [1.29, 1.82) is 0 Å². The van der Waals surface area contributed by atoms with Crippen molar-refractivity contribution in [2.45, 2.75) is 27.7 Å². The molecule has 0 fully saturated rings. The molecule has 0 saturated heterocycles. The molecule has 27 heavy (non-hydrogen) atoms. The maximum Gasteiger partial charge on any atom is 0.160 e. The number of benzene rings is 3. The molecule has 4 rings (SSSR count). The lowest BCUT2D eigenvalue weighted by molar-refractivity contribution is 0.615. The van der Waals surface area contributed by atoms with E-state index >= 15 is 0 Å². The zero-order valence-corrected chi connectivity index (χ0v) is 16.4. The SMILES string of the molecule is CC/N=c1/cc2oc3c(ccc4cc(N(CC)CC)ccc43)nc-2cc1C. The van der Waals surface area contributed by atoms with E-state index < -0.39 is 0 Å². The quantitative estimate of drug-likeness (QED) is 0.373. The van der Waals surface area contributed by atoms with Gasteiger partial charge in [0.1, 0.15) is 11.2 Å². The van der Waals surface area contributed by atoms with Crippen molar-refractivity contribution in [3.8, 4) is 11.5 Å². The van der Waals surface area contributed by atoms with E-state index in [4.69, 9.17) is 9.40 Å². The number of anilines is 1. The van der Waals surface area contributed by atoms with E-state index in [1.807, 2.05) is 19.1 Å². The summed E-state index contributed by atoms with van der Waals surface area (Å²) in [4.78, 5) is 11.7. The Morgan fingerprint density at radius 2 is 1.81 bits per heavy atom. The van der Waals surface area contributed by atoms with Crippen molar-refractivity contribution in [3.05, 3.63) is 53.4 Å². The van der Waals surface area contributed by atoms with Crippen molar-refractivity contribution in [2.75, 3.05) is 24.5 Å². The second-order valence-corrected chi connectivity index (χ2v) is 6.79. The highest BCUT2D eigenvalue weighted by molar-refractivity contribution is 6.04. The Kier molecular flexibility index (Phi) is 4.56. The molecule has 4 nitrogen and oxygen atoms in total. The molecule has 2 aromatic rings. The molecule has 0 aromatic heterocycles. The van der Waals surface area contributed by atoms with Crippen molar-refractivity contribution in [1.82, 2.24) is 4.98 Å². The minimum atomic E-state index is 0.754. The summed E-state index contributed by atoms with van der Waals surface area (Å²) in [6.45, 7) is 11.2. The summed E-state index contributed by atoms with van der Waals surface area (Å²) in [6, 6.07) is 14.8. The van der Waals surface area contributed by atoms with Crippen LogP contribution in [-0.4, -0.2) is 24.6 Å². The van der Waals surface area contributed by atoms with Gasteiger partial charge in [0.15, 0.2) is 11.3 Å². The molecule has 4 heteroatoms. The van der Waals surface area contributed by atoms with Crippen LogP contribution in [0, 0.1) is 6.92 Å². The normalized spacial score (nSPS) is 12.4. The highest BCUT2D eigenvalue weighted by Gasteiger charge is 2.13. The van der Waals surface area contributed by atoms with Crippen LogP contribution in [0.5, 0.6) is 0 Å². The van der Waals surface area contributed by atoms with E-state index in [1.165, 1.54) is 11.1 Å². The van der Waals surface area contributed by atoms with E-state index in [1.54, 1.807) is 0 Å². The molecule has 2 aromatic carbocycles. The monoisotopic (exact) mass is 359 g/mol. The first kappa shape index (κ1) is 17.5. The van der Waals surface area contributed by atoms with Crippen LogP contribution in [0.4, 0.5) is 5.69 Å². The van der Waals surface area contributed by atoms with E-state index in [-0.39, 0.29) is 0 Å². The topological polar surface area (TPSA) is 41.6 Å². The maximum absolute atomic E-state index is 6.32. The standard InChI is InChI=1S/C23H25N3O/c1-5-24-20-14-22-21(12-15(20)4)25-19-11-8-16-13-17(26(6-2)7-3)9-10-18(16)23(19)27-22/h8-14H,5-7H2,1-4H3/b24-20-. The Balaban J connectivity index is 1.97. The Morgan fingerprint density at radius 3 is 2.56 bits per heavy atom. The van der Waals surface area contributed by atoms with Gasteiger partial charge in [0.2, 0.25) is 0 Å². The van der Waals surface area contributed by atoms with E-state index in [0.717, 1.165) is 58.5 Å². The van der Waals surface area contributed by atoms with Gasteiger partial charge >= 0.3 is 0 Å². The van der Waals surface area contributed by atoms with E-state index in [0.29, 0.717) is 0 Å². The highest BCUT2D eigenvalue weighted by atomic mass is 16.3. The van der Waals surface area contributed by atoms with Crippen LogP contribution in [-0.2, 0) is 0 Å². The van der Waals surface area contributed by atoms with Crippen molar-refractivity contribution in [2.24, 2.45) is 4.99 Å². The van der Waals surface area contributed by atoms with Gasteiger partial charge < -0.3 is 9.32 Å². The van der Waals surface area contributed by atoms with Crippen molar-refractivity contribution >= 4 is 27.6 Å². The number of aryl methyl sites for hydroxylation is 1. The predicted molar refractivity (Wildman–Crippen MR) is 113 cm³/mol. The van der Waals surface area contributed by atoms with E-state index in [2.05, 4.69) is 61.0 Å². The molecule has 0 N–H and O–H groups in total. The minimum Gasteiger partial charge on any atom is -0.452 e. The van der Waals surface area contributed by atoms with Crippen LogP contribution in [0.2, 0.25) is 0 Å². The number of hydrogen-bond donors (Lipinski definition) is 0. The Bertz CT molecular complexity index is 1160. The molecular weight excluding hydrogens is 334 g/mol. The molecule has 1 aliphatic carbocycles. The Labute approximate surface area is 159 Å². The Hall–Kier alpha value is -2.88. The van der Waals surface area contributed by atoms with Gasteiger partial charge in [0.05, 0.1) is 5.36 Å². The van der Waals surface area contributed by atoms with Crippen LogP contribution >= 0.6 is 0 Å². The molecule has 0 amide bonds. The lowest BCUT2D eigenvalue weighted by Crippen LogP contribution is -2.21. The van der Waals surface area contributed by atoms with Gasteiger partial charge in [0.25, 0.3) is 0 Å². The molecule has 0 radical (unpaired) electrons. The second-order valence-electron chi connectivity index (χ2n) is 6.79. The van der Waals surface area contributed by atoms with Gasteiger partial charge in [-0.2, -0.15) is 0 Å². The van der Waals surface area contributed by atoms with Crippen LogP contribution in [0.25, 0.3) is 33.3 Å². The fourth-order valence-corrected chi connectivity index (χ4v) is 3.67. The van der Waals surface area contributed by atoms with Crippen molar-refractivity contribution < 1.29 is 4.42 Å². The fraction of sp³-hybridized carbons (Fsp3) is 0.304. The summed E-state index contributed by atoms with van der Waals surface area (Å²) in [5.74, 6) is 0.778. The third-order valence-corrected chi connectivity index (χ3v) is 5.12. The first-order valence-corrected chi connectivity index (χ1v) is 9.68. The van der Waals surface area contributed by atoms with Gasteiger partial charge in [-0.15, -0.1) is 0 Å². The highest BCUT2D eigenvalue weighted by Crippen LogP contribution is 2.32. The minimum absolute atomic E-state index is 0.754. The number of nitrogens with zero attached hydrogens (tertiary/aromatic N) is 3. The largest absolute Gasteiger partial charge is 0.452 e. The average molecular weight is 359 g/mol. The summed E-state index contributed by atoms with van der Waals surface area (Å²) in [7, 11) is 0. The molecule has 1 aliphatic heterocycles. The van der Waals surface area contributed by atoms with Crippen LogP contribution in [0.1, 0.15) is 26.3 Å². The fourth-order valence-electron chi connectivity index (χ4n) is 3.67. The molecule has 138 valence electrons. The average Bonchev–Trinajstić information content (AvgIpc) is 2.68. The molecule has 0 atom stereocenters. The summed E-state index contributed by atoms with van der Waals surface area (Å²) in [6.07, 6.45) is 0. The molecule has 0 spiro atoms. The zero-order valence-electron chi connectivity index (χ0n) is 16.4. The third-order valence-electron chi connectivity index (χ3n) is 5.12. The molecule has 0 bridgehead atoms. The smallest absolute Gasteiger partial charge is 0.160 e. The van der Waals surface area contributed by atoms with Crippen LogP contribution in [0.15, 0.2) is 51.9 Å². The number of hydrogen-bond acceptors (Lipinski definition) is 4. The van der Waals surface area contributed by atoms with Gasteiger partial charge in [-0.3, -0.25) is 4.99 Å². The van der Waals surface area contributed by atoms with Crippen LogP contribution in [0.3, 0.4) is 0 Å². The third kappa shape index (κ3) is 3.05. The second kappa shape index (κ2) is 7.03. The molecule has 1 heterocycles. The molecule has 2 aliphatic rings.